The van der Waals surface area contributed by atoms with Crippen LogP contribution in [-0.2, 0) is 23.7 Å². The molecule has 1 rings (SSSR count). The van der Waals surface area contributed by atoms with Gasteiger partial charge in [-0.25, -0.2) is 0 Å². The van der Waals surface area contributed by atoms with Gasteiger partial charge in [-0.3, -0.25) is 4.79 Å². The number of carbonyl (C=O) groups is 1. The Bertz CT molecular complexity index is 357. The van der Waals surface area contributed by atoms with Crippen molar-refractivity contribution in [2.45, 2.75) is 51.4 Å². The minimum absolute atomic E-state index is 0.0545. The minimum atomic E-state index is -0.298. The second-order valence-electron chi connectivity index (χ2n) is 5.81. The van der Waals surface area contributed by atoms with Gasteiger partial charge in [0.1, 0.15) is 6.79 Å². The highest BCUT2D eigenvalue weighted by molar-refractivity contribution is 5.69. The van der Waals surface area contributed by atoms with Crippen molar-refractivity contribution < 1.29 is 28.8 Å². The first-order valence-electron chi connectivity index (χ1n) is 8.21. The number of hydrogen-bond acceptors (Lipinski definition) is 6. The van der Waals surface area contributed by atoms with Crippen molar-refractivity contribution >= 4 is 5.97 Å². The van der Waals surface area contributed by atoms with Gasteiger partial charge in [-0.1, -0.05) is 12.2 Å². The molecule has 134 valence electrons. The zero-order valence-electron chi connectivity index (χ0n) is 14.4. The van der Waals surface area contributed by atoms with Crippen LogP contribution < -0.4 is 0 Å². The highest BCUT2D eigenvalue weighted by Gasteiger charge is 2.37. The van der Waals surface area contributed by atoms with E-state index in [2.05, 4.69) is 0 Å². The molecule has 0 heterocycles. The molecule has 23 heavy (non-hydrogen) atoms. The lowest BCUT2D eigenvalue weighted by Gasteiger charge is -2.24. The van der Waals surface area contributed by atoms with Gasteiger partial charge in [0, 0.05) is 13.5 Å². The number of carbonyl (C=O) groups excluding carboxylic acids is 1. The third-order valence-corrected chi connectivity index (χ3v) is 4.42. The molecule has 0 bridgehead atoms. The van der Waals surface area contributed by atoms with Crippen LogP contribution in [0.1, 0.15) is 39.0 Å². The largest absolute Gasteiger partial charge is 0.469 e. The minimum Gasteiger partial charge on any atom is -0.469 e. The zero-order valence-corrected chi connectivity index (χ0v) is 14.4. The Kier molecular flexibility index (Phi) is 10.1. The molecule has 0 spiro atoms. The Labute approximate surface area is 138 Å². The summed E-state index contributed by atoms with van der Waals surface area (Å²) in [6, 6.07) is 0. The fourth-order valence-corrected chi connectivity index (χ4v) is 3.06. The molecule has 0 saturated heterocycles. The fourth-order valence-electron chi connectivity index (χ4n) is 3.06. The molecule has 1 fully saturated rings. The van der Waals surface area contributed by atoms with Gasteiger partial charge in [0.15, 0.2) is 6.29 Å². The standard InChI is InChI=1S/C17H30O6/c1-13(20-2)22-12-23-16-9-8-14(11-17(19)21-3)15(16)7-5-4-6-10-18/h4,6,13-16,18H,5,7-12H2,1-3H3/b6-4-/t13?,14-,15+,16-/m1/s1. The number of aliphatic hydroxyl groups excluding tert-OH is 1. The number of aliphatic hydroxyl groups is 1. The van der Waals surface area contributed by atoms with E-state index in [1.165, 1.54) is 7.11 Å². The van der Waals surface area contributed by atoms with Crippen LogP contribution in [0.5, 0.6) is 0 Å². The molecule has 1 aliphatic rings. The SMILES string of the molecule is COC(=O)C[C@H]1CC[C@@H](OCOC(C)OC)[C@H]1CC/C=C\CO. The molecule has 1 N–H and O–H groups in total. The first kappa shape index (κ1) is 20.1. The summed E-state index contributed by atoms with van der Waals surface area (Å²) in [6.45, 7) is 2.06. The van der Waals surface area contributed by atoms with E-state index in [0.29, 0.717) is 12.3 Å². The molecule has 1 unspecified atom stereocenters. The number of hydrogen-bond donors (Lipinski definition) is 1. The first-order chi connectivity index (χ1) is 11.1. The van der Waals surface area contributed by atoms with Crippen molar-refractivity contribution in [3.63, 3.8) is 0 Å². The average molecular weight is 330 g/mol. The van der Waals surface area contributed by atoms with E-state index in [9.17, 15) is 4.79 Å². The first-order valence-corrected chi connectivity index (χ1v) is 8.21. The lowest BCUT2D eigenvalue weighted by Crippen LogP contribution is -2.26. The van der Waals surface area contributed by atoms with Crippen molar-refractivity contribution in [2.75, 3.05) is 27.6 Å². The lowest BCUT2D eigenvalue weighted by atomic mass is 9.88. The van der Waals surface area contributed by atoms with Gasteiger partial charge in [0.05, 0.1) is 19.8 Å². The summed E-state index contributed by atoms with van der Waals surface area (Å²) in [6.07, 6.45) is 7.57. The number of esters is 1. The Hall–Kier alpha value is -0.950. The summed E-state index contributed by atoms with van der Waals surface area (Å²) < 4.78 is 21.1. The van der Waals surface area contributed by atoms with Crippen LogP contribution in [0.3, 0.4) is 0 Å². The van der Waals surface area contributed by atoms with Crippen molar-refractivity contribution in [3.05, 3.63) is 12.2 Å². The summed E-state index contributed by atoms with van der Waals surface area (Å²) in [5.74, 6) is 0.393. The van der Waals surface area contributed by atoms with E-state index in [0.717, 1.165) is 25.7 Å². The predicted octanol–water partition coefficient (Wildman–Crippen LogP) is 2.26. The highest BCUT2D eigenvalue weighted by atomic mass is 16.7. The quantitative estimate of drug-likeness (QED) is 0.356. The van der Waals surface area contributed by atoms with E-state index in [1.807, 2.05) is 13.0 Å². The second kappa shape index (κ2) is 11.6. The zero-order chi connectivity index (χ0) is 17.1. The van der Waals surface area contributed by atoms with E-state index in [1.54, 1.807) is 13.2 Å². The van der Waals surface area contributed by atoms with Crippen LogP contribution in [0.4, 0.5) is 0 Å². The molecule has 0 radical (unpaired) electrons. The molecule has 4 atom stereocenters. The van der Waals surface area contributed by atoms with Crippen LogP contribution in [-0.4, -0.2) is 51.1 Å². The van der Waals surface area contributed by atoms with E-state index >= 15 is 0 Å². The molecule has 1 aliphatic carbocycles. The van der Waals surface area contributed by atoms with Gasteiger partial charge >= 0.3 is 5.97 Å². The smallest absolute Gasteiger partial charge is 0.305 e. The second-order valence-corrected chi connectivity index (χ2v) is 5.81. The maximum Gasteiger partial charge on any atom is 0.305 e. The molecule has 0 aromatic carbocycles. The van der Waals surface area contributed by atoms with Crippen molar-refractivity contribution in [1.82, 2.24) is 0 Å². The van der Waals surface area contributed by atoms with Crippen LogP contribution in [0.25, 0.3) is 0 Å². The lowest BCUT2D eigenvalue weighted by molar-refractivity contribution is -0.192. The van der Waals surface area contributed by atoms with Gasteiger partial charge in [-0.05, 0) is 44.4 Å². The van der Waals surface area contributed by atoms with Gasteiger partial charge in [0.2, 0.25) is 0 Å². The van der Waals surface area contributed by atoms with Crippen LogP contribution in [0, 0.1) is 11.8 Å². The van der Waals surface area contributed by atoms with E-state index in [4.69, 9.17) is 24.1 Å². The maximum atomic E-state index is 11.6. The van der Waals surface area contributed by atoms with Crippen LogP contribution in [0.2, 0.25) is 0 Å². The molecule has 0 aliphatic heterocycles. The molecule has 6 heteroatoms. The van der Waals surface area contributed by atoms with Gasteiger partial charge in [0.25, 0.3) is 0 Å². The van der Waals surface area contributed by atoms with Crippen molar-refractivity contribution in [3.8, 4) is 0 Å². The van der Waals surface area contributed by atoms with Crippen molar-refractivity contribution in [2.24, 2.45) is 11.8 Å². The monoisotopic (exact) mass is 330 g/mol. The third-order valence-electron chi connectivity index (χ3n) is 4.42. The Balaban J connectivity index is 2.52. The average Bonchev–Trinajstić information content (AvgIpc) is 2.93. The molecule has 6 nitrogen and oxygen atoms in total. The van der Waals surface area contributed by atoms with Gasteiger partial charge < -0.3 is 24.1 Å². The van der Waals surface area contributed by atoms with Crippen LogP contribution in [0.15, 0.2) is 12.2 Å². The topological polar surface area (TPSA) is 74.2 Å². The number of methoxy groups -OCH3 is 2. The number of allylic oxidation sites excluding steroid dienone is 1. The molecular weight excluding hydrogens is 300 g/mol. The molecule has 0 aromatic rings. The summed E-state index contributed by atoms with van der Waals surface area (Å²) in [7, 11) is 3.01. The van der Waals surface area contributed by atoms with Gasteiger partial charge in [-0.2, -0.15) is 0 Å². The fraction of sp³-hybridized carbons (Fsp3) is 0.824. The van der Waals surface area contributed by atoms with E-state index in [-0.39, 0.29) is 37.7 Å². The molecule has 1 saturated carbocycles. The Morgan fingerprint density at radius 1 is 1.30 bits per heavy atom. The highest BCUT2D eigenvalue weighted by Crippen LogP contribution is 2.39. The van der Waals surface area contributed by atoms with E-state index < -0.39 is 0 Å². The van der Waals surface area contributed by atoms with Crippen molar-refractivity contribution in [1.29, 1.82) is 0 Å². The maximum absolute atomic E-state index is 11.6. The predicted molar refractivity (Wildman–Crippen MR) is 85.6 cm³/mol. The Morgan fingerprint density at radius 3 is 2.74 bits per heavy atom. The summed E-state index contributed by atoms with van der Waals surface area (Å²) >= 11 is 0. The molecule has 0 aromatic heterocycles. The molecular formula is C17H30O6. The number of rotatable bonds is 11. The third kappa shape index (κ3) is 7.44. The summed E-state index contributed by atoms with van der Waals surface area (Å²) in [5, 5.41) is 8.80. The summed E-state index contributed by atoms with van der Waals surface area (Å²) in [5.41, 5.74) is 0. The van der Waals surface area contributed by atoms with Crippen LogP contribution >= 0.6 is 0 Å². The Morgan fingerprint density at radius 2 is 2.09 bits per heavy atom. The normalized spacial score (nSPS) is 25.8. The van der Waals surface area contributed by atoms with Gasteiger partial charge in [-0.15, -0.1) is 0 Å². The summed E-state index contributed by atoms with van der Waals surface area (Å²) in [4.78, 5) is 11.6. The number of ether oxygens (including phenoxy) is 4. The molecule has 0 amide bonds.